The molecule has 2 aromatic heterocycles. The third-order valence-electron chi connectivity index (χ3n) is 5.08. The fraction of sp³-hybridized carbons (Fsp3) is 0.333. The first kappa shape index (κ1) is 19.0. The Hall–Kier alpha value is -3.29. The second-order valence-corrected chi connectivity index (χ2v) is 7.00. The SMILES string of the molecule is CCN(CC)C(=O)c1ccnc(N2Cc3cn(Cc4ccc(F)cc4)nc3C2)n1. The lowest BCUT2D eigenvalue weighted by molar-refractivity contribution is 0.0767. The molecule has 3 heterocycles. The van der Waals surface area contributed by atoms with Gasteiger partial charge in [0.25, 0.3) is 5.91 Å². The lowest BCUT2D eigenvalue weighted by atomic mass is 10.2. The maximum Gasteiger partial charge on any atom is 0.272 e. The smallest absolute Gasteiger partial charge is 0.272 e. The van der Waals surface area contributed by atoms with Crippen molar-refractivity contribution in [3.8, 4) is 0 Å². The van der Waals surface area contributed by atoms with E-state index in [1.165, 1.54) is 12.1 Å². The number of carbonyl (C=O) groups is 1. The van der Waals surface area contributed by atoms with Crippen molar-refractivity contribution in [3.63, 3.8) is 0 Å². The Morgan fingerprint density at radius 1 is 1.14 bits per heavy atom. The molecule has 0 aliphatic carbocycles. The van der Waals surface area contributed by atoms with Crippen LogP contribution in [-0.2, 0) is 19.6 Å². The van der Waals surface area contributed by atoms with Gasteiger partial charge in [-0.15, -0.1) is 0 Å². The number of hydrogen-bond acceptors (Lipinski definition) is 5. The van der Waals surface area contributed by atoms with Gasteiger partial charge in [0.15, 0.2) is 0 Å². The summed E-state index contributed by atoms with van der Waals surface area (Å²) in [6.07, 6.45) is 3.63. The number of benzene rings is 1. The van der Waals surface area contributed by atoms with Gasteiger partial charge in [0.2, 0.25) is 5.95 Å². The van der Waals surface area contributed by atoms with Gasteiger partial charge in [-0.25, -0.2) is 14.4 Å². The van der Waals surface area contributed by atoms with E-state index in [2.05, 4.69) is 15.1 Å². The van der Waals surface area contributed by atoms with Crippen LogP contribution in [0.4, 0.5) is 10.3 Å². The summed E-state index contributed by atoms with van der Waals surface area (Å²) in [6, 6.07) is 8.10. The zero-order valence-electron chi connectivity index (χ0n) is 16.5. The van der Waals surface area contributed by atoms with E-state index in [9.17, 15) is 9.18 Å². The lowest BCUT2D eigenvalue weighted by Gasteiger charge is -2.20. The van der Waals surface area contributed by atoms with Gasteiger partial charge in [0, 0.05) is 37.6 Å². The highest BCUT2D eigenvalue weighted by molar-refractivity contribution is 5.92. The highest BCUT2D eigenvalue weighted by Gasteiger charge is 2.25. The molecule has 0 saturated heterocycles. The fourth-order valence-electron chi connectivity index (χ4n) is 3.50. The van der Waals surface area contributed by atoms with Crippen molar-refractivity contribution < 1.29 is 9.18 Å². The Labute approximate surface area is 168 Å². The first-order valence-electron chi connectivity index (χ1n) is 9.74. The molecular formula is C21H23FN6O. The Morgan fingerprint density at radius 2 is 1.90 bits per heavy atom. The topological polar surface area (TPSA) is 67.2 Å². The van der Waals surface area contributed by atoms with E-state index < -0.39 is 0 Å². The average Bonchev–Trinajstić information content (AvgIpc) is 3.29. The maximum absolute atomic E-state index is 13.1. The Kier molecular flexibility index (Phi) is 5.24. The maximum atomic E-state index is 13.1. The largest absolute Gasteiger partial charge is 0.338 e. The average molecular weight is 394 g/mol. The molecule has 0 fully saturated rings. The summed E-state index contributed by atoms with van der Waals surface area (Å²) >= 11 is 0. The minimum Gasteiger partial charge on any atom is -0.338 e. The van der Waals surface area contributed by atoms with Crippen LogP contribution in [0.2, 0.25) is 0 Å². The van der Waals surface area contributed by atoms with Crippen LogP contribution in [0.3, 0.4) is 0 Å². The van der Waals surface area contributed by atoms with Crippen LogP contribution in [0.15, 0.2) is 42.7 Å². The highest BCUT2D eigenvalue weighted by Crippen LogP contribution is 2.25. The van der Waals surface area contributed by atoms with Crippen LogP contribution in [0, 0.1) is 5.82 Å². The van der Waals surface area contributed by atoms with Crippen LogP contribution in [-0.4, -0.2) is 43.6 Å². The summed E-state index contributed by atoms with van der Waals surface area (Å²) in [6.45, 7) is 7.02. The summed E-state index contributed by atoms with van der Waals surface area (Å²) < 4.78 is 14.9. The van der Waals surface area contributed by atoms with E-state index in [1.807, 2.05) is 29.6 Å². The summed E-state index contributed by atoms with van der Waals surface area (Å²) in [5.41, 5.74) is 3.48. The number of rotatable bonds is 6. The summed E-state index contributed by atoms with van der Waals surface area (Å²) in [4.78, 5) is 25.1. The van der Waals surface area contributed by atoms with Crippen molar-refractivity contribution in [2.45, 2.75) is 33.5 Å². The molecule has 150 valence electrons. The lowest BCUT2D eigenvalue weighted by Crippen LogP contribution is -2.31. The van der Waals surface area contributed by atoms with E-state index in [0.29, 0.717) is 44.4 Å². The zero-order chi connectivity index (χ0) is 20.4. The van der Waals surface area contributed by atoms with Gasteiger partial charge in [-0.2, -0.15) is 5.10 Å². The van der Waals surface area contributed by atoms with Crippen molar-refractivity contribution >= 4 is 11.9 Å². The molecule has 1 aliphatic rings. The number of halogens is 1. The van der Waals surface area contributed by atoms with Crippen LogP contribution >= 0.6 is 0 Å². The highest BCUT2D eigenvalue weighted by atomic mass is 19.1. The van der Waals surface area contributed by atoms with Crippen molar-refractivity contribution in [2.75, 3.05) is 18.0 Å². The van der Waals surface area contributed by atoms with Crippen molar-refractivity contribution in [1.29, 1.82) is 0 Å². The summed E-state index contributed by atoms with van der Waals surface area (Å²) in [7, 11) is 0. The monoisotopic (exact) mass is 394 g/mol. The molecular weight excluding hydrogens is 371 g/mol. The fourth-order valence-corrected chi connectivity index (χ4v) is 3.50. The Balaban J connectivity index is 1.46. The minimum atomic E-state index is -0.242. The van der Waals surface area contributed by atoms with Crippen LogP contribution in [0.25, 0.3) is 0 Å². The first-order valence-corrected chi connectivity index (χ1v) is 9.74. The molecule has 0 saturated carbocycles. The molecule has 0 radical (unpaired) electrons. The zero-order valence-corrected chi connectivity index (χ0v) is 16.5. The third-order valence-corrected chi connectivity index (χ3v) is 5.08. The second kappa shape index (κ2) is 7.98. The van der Waals surface area contributed by atoms with E-state index in [0.717, 1.165) is 16.8 Å². The van der Waals surface area contributed by atoms with Crippen LogP contribution in [0.1, 0.15) is 41.2 Å². The minimum absolute atomic E-state index is 0.0833. The molecule has 29 heavy (non-hydrogen) atoms. The molecule has 1 aliphatic heterocycles. The quantitative estimate of drug-likeness (QED) is 0.643. The predicted octanol–water partition coefficient (Wildman–Crippen LogP) is 2.86. The number of amides is 1. The Morgan fingerprint density at radius 3 is 2.59 bits per heavy atom. The Bertz CT molecular complexity index is 989. The van der Waals surface area contributed by atoms with Gasteiger partial charge in [0.1, 0.15) is 11.5 Å². The molecule has 1 amide bonds. The molecule has 4 rings (SSSR count). The number of aromatic nitrogens is 4. The van der Waals surface area contributed by atoms with Crippen LogP contribution < -0.4 is 4.90 Å². The van der Waals surface area contributed by atoms with Gasteiger partial charge >= 0.3 is 0 Å². The standard InChI is InChI=1S/C21H23FN6O/c1-3-26(4-2)20(29)18-9-10-23-21(24-18)27-12-16-13-28(25-19(16)14-27)11-15-5-7-17(22)8-6-15/h5-10,13H,3-4,11-12,14H2,1-2H3. The molecule has 8 heteroatoms. The van der Waals surface area contributed by atoms with Gasteiger partial charge in [-0.05, 0) is 37.6 Å². The second-order valence-electron chi connectivity index (χ2n) is 7.00. The van der Waals surface area contributed by atoms with Crippen molar-refractivity contribution in [2.24, 2.45) is 0 Å². The first-order chi connectivity index (χ1) is 14.1. The van der Waals surface area contributed by atoms with E-state index in [4.69, 9.17) is 0 Å². The van der Waals surface area contributed by atoms with Crippen molar-refractivity contribution in [3.05, 3.63) is 71.1 Å². The number of fused-ring (bicyclic) bond motifs is 1. The normalized spacial score (nSPS) is 12.9. The van der Waals surface area contributed by atoms with E-state index >= 15 is 0 Å². The number of nitrogens with zero attached hydrogens (tertiary/aromatic N) is 6. The molecule has 0 spiro atoms. The number of hydrogen-bond donors (Lipinski definition) is 0. The molecule has 0 N–H and O–H groups in total. The number of anilines is 1. The van der Waals surface area contributed by atoms with Gasteiger partial charge < -0.3 is 9.80 Å². The molecule has 0 atom stereocenters. The molecule has 3 aromatic rings. The molecule has 1 aromatic carbocycles. The van der Waals surface area contributed by atoms with E-state index in [1.54, 1.807) is 29.3 Å². The van der Waals surface area contributed by atoms with Crippen LogP contribution in [0.5, 0.6) is 0 Å². The summed E-state index contributed by atoms with van der Waals surface area (Å²) in [5, 5.41) is 4.65. The molecule has 0 unspecified atom stereocenters. The van der Waals surface area contributed by atoms with Gasteiger partial charge in [0.05, 0.1) is 18.8 Å². The number of carbonyl (C=O) groups excluding carboxylic acids is 1. The van der Waals surface area contributed by atoms with Crippen molar-refractivity contribution in [1.82, 2.24) is 24.6 Å². The third kappa shape index (κ3) is 3.96. The summed E-state index contributed by atoms with van der Waals surface area (Å²) in [5.74, 6) is 0.209. The van der Waals surface area contributed by atoms with E-state index in [-0.39, 0.29) is 11.7 Å². The van der Waals surface area contributed by atoms with Gasteiger partial charge in [-0.1, -0.05) is 12.1 Å². The molecule has 0 bridgehead atoms. The van der Waals surface area contributed by atoms with Gasteiger partial charge in [-0.3, -0.25) is 9.48 Å². The molecule has 7 nitrogen and oxygen atoms in total. The predicted molar refractivity (Wildman–Crippen MR) is 107 cm³/mol.